The highest BCUT2D eigenvalue weighted by Gasteiger charge is 2.28. The van der Waals surface area contributed by atoms with Gasteiger partial charge in [0.15, 0.2) is 0 Å². The fourth-order valence-corrected chi connectivity index (χ4v) is 2.66. The summed E-state index contributed by atoms with van der Waals surface area (Å²) in [4.78, 5) is 0. The molecular weight excluding hydrogens is 315 g/mol. The molecule has 0 spiro atoms. The molecule has 1 aromatic rings. The SMILES string of the molecule is CC(C)(C)S(C)(C)OCCc1ccc(F)cc1Br. The fraction of sp³-hybridized carbons (Fsp3) is 0.571. The van der Waals surface area contributed by atoms with Crippen molar-refractivity contribution < 1.29 is 8.57 Å². The van der Waals surface area contributed by atoms with E-state index in [1.54, 1.807) is 0 Å². The number of hydrogen-bond donors (Lipinski definition) is 0. The van der Waals surface area contributed by atoms with E-state index in [1.807, 2.05) is 6.07 Å². The Hall–Kier alpha value is -0.0600. The first-order valence-electron chi connectivity index (χ1n) is 5.95. The quantitative estimate of drug-likeness (QED) is 0.757. The van der Waals surface area contributed by atoms with E-state index in [4.69, 9.17) is 4.18 Å². The van der Waals surface area contributed by atoms with Crippen LogP contribution in [-0.2, 0) is 10.6 Å². The third-order valence-corrected chi connectivity index (χ3v) is 7.68. The smallest absolute Gasteiger partial charge is 0.124 e. The lowest BCUT2D eigenvalue weighted by Crippen LogP contribution is -2.25. The van der Waals surface area contributed by atoms with Gasteiger partial charge in [-0.25, -0.2) is 4.39 Å². The maximum atomic E-state index is 13.0. The van der Waals surface area contributed by atoms with Crippen molar-refractivity contribution in [3.05, 3.63) is 34.1 Å². The topological polar surface area (TPSA) is 9.23 Å². The lowest BCUT2D eigenvalue weighted by atomic mass is 10.2. The van der Waals surface area contributed by atoms with Crippen LogP contribution < -0.4 is 0 Å². The predicted molar refractivity (Wildman–Crippen MR) is 82.9 cm³/mol. The Labute approximate surface area is 120 Å². The Bertz CT molecular complexity index is 413. The van der Waals surface area contributed by atoms with Crippen LogP contribution in [0.2, 0.25) is 0 Å². The molecule has 0 amide bonds. The molecule has 0 heterocycles. The van der Waals surface area contributed by atoms with E-state index in [1.165, 1.54) is 12.1 Å². The zero-order valence-corrected chi connectivity index (χ0v) is 14.1. The molecule has 4 heteroatoms. The van der Waals surface area contributed by atoms with Crippen LogP contribution in [0.15, 0.2) is 22.7 Å². The maximum Gasteiger partial charge on any atom is 0.124 e. The highest BCUT2D eigenvalue weighted by Crippen LogP contribution is 2.53. The summed E-state index contributed by atoms with van der Waals surface area (Å²) in [6, 6.07) is 4.79. The first kappa shape index (κ1) is 16.0. The second-order valence-corrected chi connectivity index (χ2v) is 10.4. The van der Waals surface area contributed by atoms with E-state index in [9.17, 15) is 4.39 Å². The van der Waals surface area contributed by atoms with Crippen molar-refractivity contribution in [3.8, 4) is 0 Å². The Kier molecular flexibility index (Phi) is 5.27. The lowest BCUT2D eigenvalue weighted by molar-refractivity contribution is 0.354. The molecule has 1 nitrogen and oxygen atoms in total. The highest BCUT2D eigenvalue weighted by atomic mass is 79.9. The minimum Gasteiger partial charge on any atom is -0.336 e. The van der Waals surface area contributed by atoms with Gasteiger partial charge in [-0.15, -0.1) is 10.3 Å². The third kappa shape index (κ3) is 4.25. The third-order valence-electron chi connectivity index (χ3n) is 3.24. The van der Waals surface area contributed by atoms with Gasteiger partial charge in [-0.1, -0.05) is 42.8 Å². The van der Waals surface area contributed by atoms with Crippen LogP contribution in [0.3, 0.4) is 0 Å². The molecule has 0 aliphatic carbocycles. The van der Waals surface area contributed by atoms with Crippen molar-refractivity contribution in [2.75, 3.05) is 19.1 Å². The molecule has 1 rings (SSSR count). The van der Waals surface area contributed by atoms with E-state index >= 15 is 0 Å². The molecule has 0 aliphatic rings. The largest absolute Gasteiger partial charge is 0.336 e. The van der Waals surface area contributed by atoms with E-state index in [0.29, 0.717) is 6.61 Å². The first-order valence-corrected chi connectivity index (χ1v) is 9.11. The van der Waals surface area contributed by atoms with E-state index < -0.39 is 10.3 Å². The van der Waals surface area contributed by atoms with Crippen molar-refractivity contribution in [3.63, 3.8) is 0 Å². The Morgan fingerprint density at radius 2 is 1.89 bits per heavy atom. The average Bonchev–Trinajstić information content (AvgIpc) is 2.19. The zero-order valence-electron chi connectivity index (χ0n) is 11.7. The van der Waals surface area contributed by atoms with Gasteiger partial charge in [-0.3, -0.25) is 0 Å². The van der Waals surface area contributed by atoms with E-state index in [2.05, 4.69) is 49.2 Å². The van der Waals surface area contributed by atoms with Gasteiger partial charge in [-0.2, -0.15) is 0 Å². The number of benzene rings is 1. The first-order chi connectivity index (χ1) is 8.13. The van der Waals surface area contributed by atoms with Crippen molar-refractivity contribution in [1.29, 1.82) is 0 Å². The summed E-state index contributed by atoms with van der Waals surface area (Å²) >= 11 is 3.38. The fourth-order valence-electron chi connectivity index (χ4n) is 1.26. The van der Waals surface area contributed by atoms with Crippen LogP contribution in [0.1, 0.15) is 26.3 Å². The molecule has 0 unspecified atom stereocenters. The molecule has 0 saturated carbocycles. The number of halogens is 2. The van der Waals surface area contributed by atoms with Gasteiger partial charge in [0.2, 0.25) is 0 Å². The van der Waals surface area contributed by atoms with Crippen LogP contribution >= 0.6 is 26.2 Å². The maximum absolute atomic E-state index is 13.0. The van der Waals surface area contributed by atoms with E-state index in [0.717, 1.165) is 16.5 Å². The number of rotatable bonds is 4. The molecule has 104 valence electrons. The summed E-state index contributed by atoms with van der Waals surface area (Å²) in [6.45, 7) is 7.28. The standard InChI is InChI=1S/C14H22BrFOS/c1-14(2,3)18(4,5)17-9-8-11-6-7-12(16)10-13(11)15/h6-7,10H,8-9H2,1-5H3. The Balaban J connectivity index is 2.57. The zero-order chi connectivity index (χ0) is 14.0. The van der Waals surface area contributed by atoms with Crippen molar-refractivity contribution >= 4 is 26.2 Å². The molecule has 0 aromatic heterocycles. The van der Waals surface area contributed by atoms with Crippen LogP contribution in [0, 0.1) is 5.82 Å². The summed E-state index contributed by atoms with van der Waals surface area (Å²) < 4.78 is 20.0. The van der Waals surface area contributed by atoms with Gasteiger partial charge in [0.1, 0.15) is 5.82 Å². The van der Waals surface area contributed by atoms with Crippen LogP contribution in [-0.4, -0.2) is 23.9 Å². The minimum absolute atomic E-state index is 0.174. The van der Waals surface area contributed by atoms with Crippen molar-refractivity contribution in [2.45, 2.75) is 31.9 Å². The highest BCUT2D eigenvalue weighted by molar-refractivity contribution is 9.10. The van der Waals surface area contributed by atoms with Crippen LogP contribution in [0.5, 0.6) is 0 Å². The molecule has 1 aromatic carbocycles. The van der Waals surface area contributed by atoms with Gasteiger partial charge in [0, 0.05) is 9.22 Å². The second kappa shape index (κ2) is 5.93. The Morgan fingerprint density at radius 3 is 2.39 bits per heavy atom. The summed E-state index contributed by atoms with van der Waals surface area (Å²) in [6.07, 6.45) is 5.17. The van der Waals surface area contributed by atoms with Gasteiger partial charge < -0.3 is 4.18 Å². The lowest BCUT2D eigenvalue weighted by Gasteiger charge is -2.43. The molecule has 0 saturated heterocycles. The number of hydrogen-bond acceptors (Lipinski definition) is 1. The molecule has 0 radical (unpaired) electrons. The molecule has 18 heavy (non-hydrogen) atoms. The van der Waals surface area contributed by atoms with Gasteiger partial charge >= 0.3 is 0 Å². The summed E-state index contributed by atoms with van der Waals surface area (Å²) in [5, 5.41) is 0. The minimum atomic E-state index is -1.08. The molecule has 0 fully saturated rings. The normalized spacial score (nSPS) is 13.7. The van der Waals surface area contributed by atoms with E-state index in [-0.39, 0.29) is 10.6 Å². The monoisotopic (exact) mass is 336 g/mol. The van der Waals surface area contributed by atoms with Gasteiger partial charge in [0.25, 0.3) is 0 Å². The molecule has 0 atom stereocenters. The Morgan fingerprint density at radius 1 is 1.28 bits per heavy atom. The van der Waals surface area contributed by atoms with Crippen LogP contribution in [0.25, 0.3) is 0 Å². The van der Waals surface area contributed by atoms with Crippen LogP contribution in [0.4, 0.5) is 4.39 Å². The molecular formula is C14H22BrFOS. The summed E-state index contributed by atoms with van der Waals surface area (Å²) in [5.74, 6) is -0.216. The predicted octanol–water partition coefficient (Wildman–Crippen LogP) is 4.93. The van der Waals surface area contributed by atoms with Gasteiger partial charge in [-0.05, 0) is 36.6 Å². The van der Waals surface area contributed by atoms with Gasteiger partial charge in [0.05, 0.1) is 6.61 Å². The summed E-state index contributed by atoms with van der Waals surface area (Å²) in [7, 11) is -1.08. The average molecular weight is 337 g/mol. The molecule has 0 aliphatic heterocycles. The molecule has 0 N–H and O–H groups in total. The molecule has 0 bridgehead atoms. The second-order valence-electron chi connectivity index (χ2n) is 5.65. The summed E-state index contributed by atoms with van der Waals surface area (Å²) in [5.41, 5.74) is 1.08. The van der Waals surface area contributed by atoms with Crippen molar-refractivity contribution in [1.82, 2.24) is 0 Å². The van der Waals surface area contributed by atoms with Crippen molar-refractivity contribution in [2.24, 2.45) is 0 Å².